The van der Waals surface area contributed by atoms with Crippen LogP contribution in [0.25, 0.3) is 0 Å². The number of hydrogen-bond acceptors (Lipinski definition) is 3. The smallest absolute Gasteiger partial charge is 0.202 e. The van der Waals surface area contributed by atoms with E-state index < -0.39 is 16.8 Å². The Kier molecular flexibility index (Phi) is 3.59. The molecule has 2 aliphatic heterocycles. The minimum absolute atomic E-state index is 0.0856. The largest absolute Gasteiger partial charge is 0.358 e. The second-order valence-electron chi connectivity index (χ2n) is 6.96. The minimum Gasteiger partial charge on any atom is -0.358 e. The van der Waals surface area contributed by atoms with E-state index in [1.807, 2.05) is 33.8 Å². The first-order valence-corrected chi connectivity index (χ1v) is 8.72. The van der Waals surface area contributed by atoms with Crippen molar-refractivity contribution < 1.29 is 14.3 Å². The number of ketones is 1. The van der Waals surface area contributed by atoms with Crippen LogP contribution < -0.4 is 0 Å². The van der Waals surface area contributed by atoms with Crippen molar-refractivity contribution in [2.45, 2.75) is 70.4 Å². The van der Waals surface area contributed by atoms with Crippen molar-refractivity contribution in [3.8, 4) is 0 Å². The molecule has 1 spiro atoms. The molecule has 0 bridgehead atoms. The Labute approximate surface area is 140 Å². The molecule has 22 heavy (non-hydrogen) atoms. The van der Waals surface area contributed by atoms with E-state index in [1.165, 1.54) is 5.56 Å². The number of carbonyl (C=O) groups is 1. The Balaban J connectivity index is 2.04. The number of ether oxygens (including phenoxy) is 2. The predicted octanol–water partition coefficient (Wildman–Crippen LogP) is 4.37. The normalized spacial score (nSPS) is 36.1. The molecular weight excluding hydrogens is 344 g/mol. The molecule has 4 heteroatoms. The Morgan fingerprint density at radius 2 is 1.91 bits per heavy atom. The molecule has 0 aromatic heterocycles. The zero-order valence-electron chi connectivity index (χ0n) is 13.8. The monoisotopic (exact) mass is 366 g/mol. The van der Waals surface area contributed by atoms with E-state index in [9.17, 15) is 4.79 Å². The van der Waals surface area contributed by atoms with E-state index >= 15 is 0 Å². The maximum absolute atomic E-state index is 13.0. The van der Waals surface area contributed by atoms with Crippen LogP contribution in [-0.2, 0) is 20.7 Å². The third-order valence-corrected chi connectivity index (χ3v) is 5.74. The first-order valence-electron chi connectivity index (χ1n) is 7.93. The van der Waals surface area contributed by atoms with Crippen LogP contribution >= 0.6 is 15.9 Å². The highest BCUT2D eigenvalue weighted by molar-refractivity contribution is 9.10. The fraction of sp³-hybridized carbons (Fsp3) is 0.611. The lowest BCUT2D eigenvalue weighted by Crippen LogP contribution is -2.41. The van der Waals surface area contributed by atoms with Gasteiger partial charge in [-0.1, -0.05) is 35.8 Å². The summed E-state index contributed by atoms with van der Waals surface area (Å²) in [5.41, 5.74) is 0.119. The molecular formula is C18H23BrO3. The van der Waals surface area contributed by atoms with Crippen molar-refractivity contribution in [1.29, 1.82) is 0 Å². The van der Waals surface area contributed by atoms with Crippen LogP contribution in [0, 0.1) is 0 Å². The van der Waals surface area contributed by atoms with E-state index in [2.05, 4.69) is 35.0 Å². The van der Waals surface area contributed by atoms with Gasteiger partial charge in [-0.15, -0.1) is 0 Å². The first kappa shape index (κ1) is 16.2. The number of hydrogen-bond donors (Lipinski definition) is 0. The molecule has 1 aromatic carbocycles. The Morgan fingerprint density at radius 3 is 2.45 bits per heavy atom. The summed E-state index contributed by atoms with van der Waals surface area (Å²) in [5, 5.41) is 0. The number of epoxide rings is 1. The van der Waals surface area contributed by atoms with Gasteiger partial charge in [0.15, 0.2) is 5.60 Å². The first-order chi connectivity index (χ1) is 10.2. The van der Waals surface area contributed by atoms with Gasteiger partial charge < -0.3 is 9.47 Å². The van der Waals surface area contributed by atoms with Crippen molar-refractivity contribution >= 4 is 21.7 Å². The van der Waals surface area contributed by atoms with Crippen molar-refractivity contribution in [3.63, 3.8) is 0 Å². The van der Waals surface area contributed by atoms with Crippen molar-refractivity contribution in [2.24, 2.45) is 0 Å². The maximum Gasteiger partial charge on any atom is 0.202 e. The highest BCUT2D eigenvalue weighted by atomic mass is 79.9. The summed E-state index contributed by atoms with van der Waals surface area (Å²) < 4.78 is 13.3. The summed E-state index contributed by atoms with van der Waals surface area (Å²) in [7, 11) is 0. The lowest BCUT2D eigenvalue weighted by molar-refractivity contribution is -0.135. The van der Waals surface area contributed by atoms with E-state index in [0.29, 0.717) is 6.42 Å². The molecule has 3 atom stereocenters. The highest BCUT2D eigenvalue weighted by Gasteiger charge is 2.79. The third-order valence-electron chi connectivity index (χ3n) is 5.25. The molecule has 0 saturated carbocycles. The molecule has 2 heterocycles. The average molecular weight is 367 g/mol. The molecule has 2 aliphatic rings. The molecule has 2 saturated heterocycles. The van der Waals surface area contributed by atoms with Gasteiger partial charge in [0.1, 0.15) is 17.3 Å². The summed E-state index contributed by atoms with van der Waals surface area (Å²) >= 11 is 3.51. The molecule has 0 N–H and O–H groups in total. The molecule has 3 unspecified atom stereocenters. The van der Waals surface area contributed by atoms with Gasteiger partial charge in [-0.3, -0.25) is 4.79 Å². The second-order valence-corrected chi connectivity index (χ2v) is 7.87. The van der Waals surface area contributed by atoms with Crippen LogP contribution in [0.1, 0.15) is 58.3 Å². The third kappa shape index (κ3) is 1.97. The maximum atomic E-state index is 13.0. The van der Waals surface area contributed by atoms with E-state index in [1.54, 1.807) is 0 Å². The predicted molar refractivity (Wildman–Crippen MR) is 88.9 cm³/mol. The molecule has 2 fully saturated rings. The van der Waals surface area contributed by atoms with E-state index in [0.717, 1.165) is 16.5 Å². The van der Waals surface area contributed by atoms with Crippen LogP contribution in [0.3, 0.4) is 0 Å². The SMILES string of the molecule is CCc1cc(Br)ccc1C1OC12C(=O)C(C)(CC)OC2(C)C. The Morgan fingerprint density at radius 1 is 1.23 bits per heavy atom. The molecule has 0 radical (unpaired) electrons. The molecule has 120 valence electrons. The lowest BCUT2D eigenvalue weighted by atomic mass is 9.79. The number of aryl methyl sites for hydroxylation is 1. The summed E-state index contributed by atoms with van der Waals surface area (Å²) in [4.78, 5) is 13.0. The van der Waals surface area contributed by atoms with Crippen molar-refractivity contribution in [1.82, 2.24) is 0 Å². The summed E-state index contributed by atoms with van der Waals surface area (Å²) in [6.45, 7) is 9.93. The second kappa shape index (κ2) is 4.89. The van der Waals surface area contributed by atoms with Gasteiger partial charge in [-0.05, 0) is 56.9 Å². The average Bonchev–Trinajstić information content (AvgIpc) is 3.19. The van der Waals surface area contributed by atoms with Crippen LogP contribution in [0.15, 0.2) is 22.7 Å². The fourth-order valence-electron chi connectivity index (χ4n) is 3.79. The van der Waals surface area contributed by atoms with Crippen LogP contribution in [0.4, 0.5) is 0 Å². The van der Waals surface area contributed by atoms with Gasteiger partial charge in [0.05, 0.1) is 0 Å². The highest BCUT2D eigenvalue weighted by Crippen LogP contribution is 2.64. The fourth-order valence-corrected chi connectivity index (χ4v) is 4.19. The van der Waals surface area contributed by atoms with E-state index in [4.69, 9.17) is 9.47 Å². The van der Waals surface area contributed by atoms with Gasteiger partial charge in [0.2, 0.25) is 5.78 Å². The number of Topliss-reactive ketones (excluding diaryl/α,β-unsaturated/α-hetero) is 1. The van der Waals surface area contributed by atoms with Crippen LogP contribution in [0.5, 0.6) is 0 Å². The number of rotatable bonds is 3. The van der Waals surface area contributed by atoms with Crippen LogP contribution in [0.2, 0.25) is 0 Å². The summed E-state index contributed by atoms with van der Waals surface area (Å²) in [6.07, 6.45) is 1.37. The van der Waals surface area contributed by atoms with Gasteiger partial charge >= 0.3 is 0 Å². The van der Waals surface area contributed by atoms with Crippen molar-refractivity contribution in [3.05, 3.63) is 33.8 Å². The van der Waals surface area contributed by atoms with Gasteiger partial charge in [-0.2, -0.15) is 0 Å². The topological polar surface area (TPSA) is 38.8 Å². The molecule has 1 aromatic rings. The Bertz CT molecular complexity index is 639. The van der Waals surface area contributed by atoms with Gasteiger partial charge in [-0.25, -0.2) is 0 Å². The van der Waals surface area contributed by atoms with Crippen LogP contribution in [-0.4, -0.2) is 22.6 Å². The standard InChI is InChI=1S/C18H23BrO3/c1-6-11-10-12(19)8-9-13(11)14-18(21-14)15(20)17(5,7-2)22-16(18,3)4/h8-10,14H,6-7H2,1-5H3. The number of carbonyl (C=O) groups excluding carboxylic acids is 1. The summed E-state index contributed by atoms with van der Waals surface area (Å²) in [5.74, 6) is 0.0856. The lowest BCUT2D eigenvalue weighted by Gasteiger charge is -2.25. The summed E-state index contributed by atoms with van der Waals surface area (Å²) in [6, 6.07) is 6.18. The van der Waals surface area contributed by atoms with E-state index in [-0.39, 0.29) is 11.9 Å². The van der Waals surface area contributed by atoms with Crippen molar-refractivity contribution in [2.75, 3.05) is 0 Å². The zero-order valence-corrected chi connectivity index (χ0v) is 15.4. The number of halogens is 1. The molecule has 0 amide bonds. The quantitative estimate of drug-likeness (QED) is 0.745. The zero-order chi connectivity index (χ0) is 16.3. The molecule has 3 nitrogen and oxygen atoms in total. The molecule has 3 rings (SSSR count). The number of benzene rings is 1. The molecule has 0 aliphatic carbocycles. The minimum atomic E-state index is -0.838. The van der Waals surface area contributed by atoms with Gasteiger partial charge in [0.25, 0.3) is 0 Å². The Hall–Kier alpha value is -0.710. The van der Waals surface area contributed by atoms with Gasteiger partial charge in [0, 0.05) is 4.47 Å².